The summed E-state index contributed by atoms with van der Waals surface area (Å²) in [7, 11) is 4.08. The van der Waals surface area contributed by atoms with Crippen LogP contribution in [-0.2, 0) is 13.1 Å². The molecule has 1 aliphatic heterocycles. The van der Waals surface area contributed by atoms with E-state index in [9.17, 15) is 0 Å². The number of hydrogen-bond acceptors (Lipinski definition) is 4. The Morgan fingerprint density at radius 1 is 1.11 bits per heavy atom. The average molecular weight is 404 g/mol. The van der Waals surface area contributed by atoms with E-state index >= 15 is 0 Å². The van der Waals surface area contributed by atoms with Gasteiger partial charge in [-0.2, -0.15) is 11.8 Å². The summed E-state index contributed by atoms with van der Waals surface area (Å²) in [5, 5.41) is 7.86. The van der Waals surface area contributed by atoms with E-state index in [0.717, 1.165) is 24.3 Å². The van der Waals surface area contributed by atoms with Crippen molar-refractivity contribution in [1.29, 1.82) is 0 Å². The average Bonchev–Trinajstić information content (AvgIpc) is 3.08. The quantitative estimate of drug-likeness (QED) is 0.565. The Labute approximate surface area is 175 Å². The molecule has 1 saturated carbocycles. The molecule has 1 aromatic carbocycles. The smallest absolute Gasteiger partial charge is 0.191 e. The summed E-state index contributed by atoms with van der Waals surface area (Å²) in [6.45, 7) is 6.63. The van der Waals surface area contributed by atoms with E-state index in [2.05, 4.69) is 63.0 Å². The Hall–Kier alpha value is -1.24. The number of nitrogens with zero attached hydrogens (tertiary/aromatic N) is 3. The van der Waals surface area contributed by atoms with Gasteiger partial charge in [0.2, 0.25) is 0 Å². The molecular formula is C22H37N5S. The summed E-state index contributed by atoms with van der Waals surface area (Å²) in [6, 6.07) is 9.61. The summed E-state index contributed by atoms with van der Waals surface area (Å²) in [4.78, 5) is 9.41. The van der Waals surface area contributed by atoms with Crippen LogP contribution >= 0.6 is 11.8 Å². The highest BCUT2D eigenvalue weighted by Crippen LogP contribution is 2.28. The molecule has 2 unspecified atom stereocenters. The van der Waals surface area contributed by atoms with Gasteiger partial charge in [-0.3, -0.25) is 9.89 Å². The topological polar surface area (TPSA) is 42.9 Å². The normalized spacial score (nSPS) is 24.9. The van der Waals surface area contributed by atoms with Crippen LogP contribution in [0.4, 0.5) is 0 Å². The molecule has 5 nitrogen and oxygen atoms in total. The first-order chi connectivity index (χ1) is 13.7. The zero-order chi connectivity index (χ0) is 19.8. The number of aliphatic imine (C=N–C) groups is 1. The van der Waals surface area contributed by atoms with Gasteiger partial charge in [-0.15, -0.1) is 0 Å². The van der Waals surface area contributed by atoms with Gasteiger partial charge in [0.25, 0.3) is 0 Å². The van der Waals surface area contributed by atoms with Crippen molar-refractivity contribution in [2.75, 3.05) is 46.5 Å². The Bertz CT molecular complexity index is 618. The predicted molar refractivity (Wildman–Crippen MR) is 122 cm³/mol. The minimum absolute atomic E-state index is 0.554. The molecule has 0 radical (unpaired) electrons. The molecule has 0 amide bonds. The lowest BCUT2D eigenvalue weighted by Crippen LogP contribution is -2.42. The Kier molecular flexibility index (Phi) is 8.49. The highest BCUT2D eigenvalue weighted by atomic mass is 32.2. The van der Waals surface area contributed by atoms with Crippen LogP contribution in [0.3, 0.4) is 0 Å². The van der Waals surface area contributed by atoms with Gasteiger partial charge in [0, 0.05) is 44.5 Å². The van der Waals surface area contributed by atoms with Crippen LogP contribution in [0.2, 0.25) is 0 Å². The second-order valence-corrected chi connectivity index (χ2v) is 9.33. The van der Waals surface area contributed by atoms with Crippen LogP contribution in [-0.4, -0.2) is 73.6 Å². The number of thioether (sulfide) groups is 1. The van der Waals surface area contributed by atoms with Crippen LogP contribution in [0.1, 0.15) is 36.8 Å². The molecule has 0 bridgehead atoms. The van der Waals surface area contributed by atoms with Gasteiger partial charge < -0.3 is 15.5 Å². The first kappa shape index (κ1) is 21.5. The van der Waals surface area contributed by atoms with Gasteiger partial charge in [0.05, 0.1) is 0 Å². The monoisotopic (exact) mass is 403 g/mol. The lowest BCUT2D eigenvalue weighted by atomic mass is 10.1. The molecule has 6 heteroatoms. The van der Waals surface area contributed by atoms with Gasteiger partial charge >= 0.3 is 0 Å². The number of hydrogen-bond donors (Lipinski definition) is 2. The van der Waals surface area contributed by atoms with E-state index in [1.807, 2.05) is 18.8 Å². The fourth-order valence-electron chi connectivity index (χ4n) is 4.14. The van der Waals surface area contributed by atoms with Crippen LogP contribution in [0.5, 0.6) is 0 Å². The van der Waals surface area contributed by atoms with Crippen molar-refractivity contribution >= 4 is 17.7 Å². The molecule has 1 aromatic rings. The fourth-order valence-corrected chi connectivity index (χ4v) is 4.93. The summed E-state index contributed by atoms with van der Waals surface area (Å²) in [5.74, 6) is 0.921. The fraction of sp³-hybridized carbons (Fsp3) is 0.682. The van der Waals surface area contributed by atoms with Crippen molar-refractivity contribution in [2.24, 2.45) is 4.99 Å². The zero-order valence-corrected chi connectivity index (χ0v) is 18.6. The molecule has 1 aliphatic carbocycles. The third-order valence-corrected chi connectivity index (χ3v) is 7.08. The molecule has 1 saturated heterocycles. The van der Waals surface area contributed by atoms with Crippen molar-refractivity contribution in [3.63, 3.8) is 0 Å². The molecule has 2 aliphatic rings. The van der Waals surface area contributed by atoms with Crippen LogP contribution < -0.4 is 10.6 Å². The van der Waals surface area contributed by atoms with Crippen LogP contribution in [0.15, 0.2) is 29.3 Å². The van der Waals surface area contributed by atoms with Gasteiger partial charge in [-0.1, -0.05) is 24.3 Å². The Balaban J connectivity index is 1.43. The van der Waals surface area contributed by atoms with E-state index in [0.29, 0.717) is 6.04 Å². The summed E-state index contributed by atoms with van der Waals surface area (Å²) < 4.78 is 0. The molecule has 156 valence electrons. The molecular weight excluding hydrogens is 366 g/mol. The van der Waals surface area contributed by atoms with E-state index in [-0.39, 0.29) is 0 Å². The van der Waals surface area contributed by atoms with Gasteiger partial charge in [0.1, 0.15) is 0 Å². The standard InChI is InChI=1S/C22H37N5S/c1-23-22(25-20-9-10-21(15-20)28-3)24-16-18-5-7-19(8-6-18)17-27-12-4-11-26(2)13-14-27/h5-8,20-21H,4,9-17H2,1-3H3,(H2,23,24,25). The van der Waals surface area contributed by atoms with Crippen molar-refractivity contribution in [2.45, 2.75) is 50.1 Å². The van der Waals surface area contributed by atoms with Gasteiger partial charge in [-0.05, 0) is 63.2 Å². The molecule has 0 aromatic heterocycles. The Morgan fingerprint density at radius 2 is 1.89 bits per heavy atom. The third-order valence-electron chi connectivity index (χ3n) is 5.98. The van der Waals surface area contributed by atoms with E-state index in [1.54, 1.807) is 0 Å². The van der Waals surface area contributed by atoms with Crippen molar-refractivity contribution in [3.05, 3.63) is 35.4 Å². The summed E-state index contributed by atoms with van der Waals surface area (Å²) in [6.07, 6.45) is 7.28. The minimum atomic E-state index is 0.554. The van der Waals surface area contributed by atoms with Crippen LogP contribution in [0.25, 0.3) is 0 Å². The number of benzene rings is 1. The number of rotatable bonds is 6. The SMILES string of the molecule is CN=C(NCc1ccc(CN2CCCN(C)CC2)cc1)NC1CCC(SC)C1. The van der Waals surface area contributed by atoms with Crippen molar-refractivity contribution < 1.29 is 0 Å². The third kappa shape index (κ3) is 6.68. The first-order valence-electron chi connectivity index (χ1n) is 10.6. The second-order valence-electron chi connectivity index (χ2n) is 8.19. The molecule has 3 rings (SSSR count). The predicted octanol–water partition coefficient (Wildman–Crippen LogP) is 2.77. The largest absolute Gasteiger partial charge is 0.354 e. The zero-order valence-electron chi connectivity index (χ0n) is 17.8. The number of likely N-dealkylation sites (N-methyl/N-ethyl adjacent to an activating group) is 1. The molecule has 0 spiro atoms. The highest BCUT2D eigenvalue weighted by molar-refractivity contribution is 7.99. The first-order valence-corrected chi connectivity index (χ1v) is 11.9. The summed E-state index contributed by atoms with van der Waals surface area (Å²) >= 11 is 1.99. The maximum atomic E-state index is 4.40. The number of nitrogens with one attached hydrogen (secondary N) is 2. The molecule has 2 fully saturated rings. The highest BCUT2D eigenvalue weighted by Gasteiger charge is 2.24. The molecule has 2 atom stereocenters. The maximum absolute atomic E-state index is 4.40. The van der Waals surface area contributed by atoms with Crippen LogP contribution in [0, 0.1) is 0 Å². The van der Waals surface area contributed by atoms with E-state index < -0.39 is 0 Å². The molecule has 1 heterocycles. The Morgan fingerprint density at radius 3 is 2.61 bits per heavy atom. The second kappa shape index (κ2) is 11.1. The molecule has 28 heavy (non-hydrogen) atoms. The number of guanidine groups is 1. The van der Waals surface area contributed by atoms with Gasteiger partial charge in [0.15, 0.2) is 5.96 Å². The summed E-state index contributed by atoms with van der Waals surface area (Å²) in [5.41, 5.74) is 2.71. The lowest BCUT2D eigenvalue weighted by Gasteiger charge is -2.20. The van der Waals surface area contributed by atoms with E-state index in [1.165, 1.54) is 63.0 Å². The van der Waals surface area contributed by atoms with Crippen molar-refractivity contribution in [3.8, 4) is 0 Å². The lowest BCUT2D eigenvalue weighted by molar-refractivity contribution is 0.269. The molecule has 2 N–H and O–H groups in total. The minimum Gasteiger partial charge on any atom is -0.354 e. The van der Waals surface area contributed by atoms with Crippen molar-refractivity contribution in [1.82, 2.24) is 20.4 Å². The van der Waals surface area contributed by atoms with Gasteiger partial charge in [-0.25, -0.2) is 0 Å². The van der Waals surface area contributed by atoms with E-state index in [4.69, 9.17) is 0 Å². The maximum Gasteiger partial charge on any atom is 0.191 e.